The summed E-state index contributed by atoms with van der Waals surface area (Å²) in [4.78, 5) is 17.5. The van der Waals surface area contributed by atoms with Crippen molar-refractivity contribution in [3.05, 3.63) is 65.5 Å². The maximum Gasteiger partial charge on any atom is 0.228 e. The summed E-state index contributed by atoms with van der Waals surface area (Å²) < 4.78 is 26.7. The number of para-hydroxylation sites is 1. The molecule has 7 nitrogen and oxygen atoms in total. The van der Waals surface area contributed by atoms with E-state index in [9.17, 15) is 13.2 Å². The van der Waals surface area contributed by atoms with E-state index in [1.165, 1.54) is 0 Å². The number of hydrogen-bond acceptors (Lipinski definition) is 6. The Kier molecular flexibility index (Phi) is 5.54. The van der Waals surface area contributed by atoms with Crippen LogP contribution in [0.25, 0.3) is 20.8 Å². The molecule has 5 rings (SSSR count). The van der Waals surface area contributed by atoms with Gasteiger partial charge in [0.1, 0.15) is 5.01 Å². The van der Waals surface area contributed by atoms with E-state index in [2.05, 4.69) is 10.4 Å². The van der Waals surface area contributed by atoms with Crippen molar-refractivity contribution in [1.29, 1.82) is 0 Å². The van der Waals surface area contributed by atoms with Gasteiger partial charge < -0.3 is 5.32 Å². The van der Waals surface area contributed by atoms with Crippen LogP contribution in [0.2, 0.25) is 0 Å². The molecule has 33 heavy (non-hydrogen) atoms. The Bertz CT molecular complexity index is 1440. The molecule has 170 valence electrons. The van der Waals surface area contributed by atoms with E-state index in [1.54, 1.807) is 16.0 Å². The Morgan fingerprint density at radius 1 is 1.18 bits per heavy atom. The fourth-order valence-electron chi connectivity index (χ4n) is 4.37. The average molecular weight is 481 g/mol. The van der Waals surface area contributed by atoms with Crippen LogP contribution in [0, 0.1) is 13.8 Å². The van der Waals surface area contributed by atoms with Gasteiger partial charge in [-0.1, -0.05) is 24.3 Å². The number of hydrogen-bond donors (Lipinski definition) is 1. The zero-order valence-corrected chi connectivity index (χ0v) is 20.0. The number of carbonyl (C=O) groups excluding carboxylic acids is 1. The molecule has 1 fully saturated rings. The van der Waals surface area contributed by atoms with Crippen molar-refractivity contribution in [2.45, 2.75) is 32.7 Å². The first-order chi connectivity index (χ1) is 15.8. The number of sulfone groups is 1. The minimum absolute atomic E-state index is 0.110. The van der Waals surface area contributed by atoms with E-state index in [-0.39, 0.29) is 29.9 Å². The number of rotatable bonds is 5. The summed E-state index contributed by atoms with van der Waals surface area (Å²) in [6.07, 6.45) is 0.747. The molecule has 1 unspecified atom stereocenters. The van der Waals surface area contributed by atoms with Crippen molar-refractivity contribution in [2.24, 2.45) is 0 Å². The van der Waals surface area contributed by atoms with Gasteiger partial charge in [0.2, 0.25) is 5.91 Å². The number of benzene rings is 2. The van der Waals surface area contributed by atoms with E-state index in [0.717, 1.165) is 37.7 Å². The van der Waals surface area contributed by atoms with Crippen molar-refractivity contribution >= 4 is 43.0 Å². The third-order valence-electron chi connectivity index (χ3n) is 6.05. The Morgan fingerprint density at radius 3 is 2.76 bits per heavy atom. The van der Waals surface area contributed by atoms with E-state index in [0.29, 0.717) is 12.1 Å². The maximum absolute atomic E-state index is 12.9. The number of nitrogens with one attached hydrogen (secondary N) is 1. The van der Waals surface area contributed by atoms with Gasteiger partial charge in [-0.15, -0.1) is 11.3 Å². The number of anilines is 1. The van der Waals surface area contributed by atoms with Crippen LogP contribution in [0.5, 0.6) is 0 Å². The maximum atomic E-state index is 12.9. The first kappa shape index (κ1) is 21.8. The summed E-state index contributed by atoms with van der Waals surface area (Å²) in [5.74, 6) is 0.164. The third kappa shape index (κ3) is 4.43. The second-order valence-corrected chi connectivity index (χ2v) is 11.7. The number of amides is 1. The van der Waals surface area contributed by atoms with Gasteiger partial charge in [-0.3, -0.25) is 9.48 Å². The van der Waals surface area contributed by atoms with E-state index >= 15 is 0 Å². The van der Waals surface area contributed by atoms with Crippen LogP contribution in [0.4, 0.5) is 5.69 Å². The fourth-order valence-corrected chi connectivity index (χ4v) is 7.02. The van der Waals surface area contributed by atoms with Crippen molar-refractivity contribution in [3.63, 3.8) is 0 Å². The molecule has 1 aliphatic rings. The predicted octanol–water partition coefficient (Wildman–Crippen LogP) is 4.32. The molecule has 0 spiro atoms. The lowest BCUT2D eigenvalue weighted by Gasteiger charge is -2.11. The minimum Gasteiger partial charge on any atom is -0.326 e. The van der Waals surface area contributed by atoms with Crippen LogP contribution in [0.3, 0.4) is 0 Å². The van der Waals surface area contributed by atoms with Crippen molar-refractivity contribution in [2.75, 3.05) is 16.8 Å². The molecule has 0 bridgehead atoms. The Morgan fingerprint density at radius 2 is 2.00 bits per heavy atom. The Labute approximate surface area is 196 Å². The first-order valence-electron chi connectivity index (χ1n) is 10.8. The Balaban J connectivity index is 1.32. The number of carbonyl (C=O) groups is 1. The summed E-state index contributed by atoms with van der Waals surface area (Å²) in [5.41, 5.74) is 5.09. The summed E-state index contributed by atoms with van der Waals surface area (Å²) >= 11 is 1.62. The largest absolute Gasteiger partial charge is 0.326 e. The van der Waals surface area contributed by atoms with Crippen molar-refractivity contribution in [3.8, 4) is 10.6 Å². The molecule has 0 radical (unpaired) electrons. The van der Waals surface area contributed by atoms with Gasteiger partial charge in [0.25, 0.3) is 0 Å². The van der Waals surface area contributed by atoms with Gasteiger partial charge in [0.15, 0.2) is 9.84 Å². The number of thiazole rings is 1. The number of nitrogens with zero attached hydrogens (tertiary/aromatic N) is 3. The number of aryl methyl sites for hydroxylation is 1. The van der Waals surface area contributed by atoms with Crippen LogP contribution in [0.15, 0.2) is 48.5 Å². The second kappa shape index (κ2) is 8.39. The lowest BCUT2D eigenvalue weighted by atomic mass is 10.1. The smallest absolute Gasteiger partial charge is 0.228 e. The van der Waals surface area contributed by atoms with Crippen molar-refractivity contribution in [1.82, 2.24) is 14.8 Å². The standard InChI is InChI=1S/C24H24N4O3S2/c1-15-20(16(2)28(27-15)19-10-11-33(30,31)14-19)13-23(29)25-18-7-5-6-17(12-18)24-26-21-8-3-4-9-22(21)32-24/h3-9,12,19H,10-11,13-14H2,1-2H3,(H,25,29). The number of aromatic nitrogens is 3. The molecular formula is C24H24N4O3S2. The van der Waals surface area contributed by atoms with Gasteiger partial charge in [-0.25, -0.2) is 13.4 Å². The first-order valence-corrected chi connectivity index (χ1v) is 13.4. The van der Waals surface area contributed by atoms with E-state index in [4.69, 9.17) is 4.98 Å². The number of fused-ring (bicyclic) bond motifs is 1. The molecular weight excluding hydrogens is 456 g/mol. The van der Waals surface area contributed by atoms with Crippen LogP contribution < -0.4 is 5.32 Å². The molecule has 1 aliphatic heterocycles. The summed E-state index contributed by atoms with van der Waals surface area (Å²) in [7, 11) is -3.01. The normalized spacial score (nSPS) is 17.5. The fraction of sp³-hybridized carbons (Fsp3) is 0.292. The highest BCUT2D eigenvalue weighted by Gasteiger charge is 2.31. The third-order valence-corrected chi connectivity index (χ3v) is 8.89. The second-order valence-electron chi connectivity index (χ2n) is 8.44. The van der Waals surface area contributed by atoms with Crippen LogP contribution in [-0.4, -0.2) is 40.6 Å². The zero-order chi connectivity index (χ0) is 23.2. The summed E-state index contributed by atoms with van der Waals surface area (Å²) in [6, 6.07) is 15.5. The van der Waals surface area contributed by atoms with E-state index in [1.807, 2.05) is 62.4 Å². The molecule has 1 saturated heterocycles. The molecule has 1 N–H and O–H groups in total. The van der Waals surface area contributed by atoms with Crippen LogP contribution in [0.1, 0.15) is 29.4 Å². The molecule has 2 aromatic heterocycles. The van der Waals surface area contributed by atoms with Crippen molar-refractivity contribution < 1.29 is 13.2 Å². The SMILES string of the molecule is Cc1nn(C2CCS(=O)(=O)C2)c(C)c1CC(=O)Nc1cccc(-c2nc3ccccc3s2)c1. The monoisotopic (exact) mass is 480 g/mol. The molecule has 3 heterocycles. The van der Waals surface area contributed by atoms with E-state index < -0.39 is 9.84 Å². The molecule has 2 aromatic carbocycles. The quantitative estimate of drug-likeness (QED) is 0.459. The van der Waals surface area contributed by atoms with Gasteiger partial charge in [-0.05, 0) is 44.5 Å². The minimum atomic E-state index is -3.01. The molecule has 9 heteroatoms. The molecule has 0 saturated carbocycles. The molecule has 1 atom stereocenters. The Hall–Kier alpha value is -3.04. The van der Waals surface area contributed by atoms with Gasteiger partial charge >= 0.3 is 0 Å². The average Bonchev–Trinajstić information content (AvgIpc) is 3.45. The van der Waals surface area contributed by atoms with Crippen LogP contribution >= 0.6 is 11.3 Å². The predicted molar refractivity (Wildman–Crippen MR) is 131 cm³/mol. The van der Waals surface area contributed by atoms with Gasteiger partial charge in [0, 0.05) is 22.5 Å². The highest BCUT2D eigenvalue weighted by molar-refractivity contribution is 7.91. The zero-order valence-electron chi connectivity index (χ0n) is 18.4. The lowest BCUT2D eigenvalue weighted by Crippen LogP contribution is -2.16. The lowest BCUT2D eigenvalue weighted by molar-refractivity contribution is -0.115. The molecule has 1 amide bonds. The van der Waals surface area contributed by atoms with Gasteiger partial charge in [0.05, 0.1) is 39.9 Å². The van der Waals surface area contributed by atoms with Crippen LogP contribution in [-0.2, 0) is 21.1 Å². The summed E-state index contributed by atoms with van der Waals surface area (Å²) in [5, 5.41) is 8.45. The highest BCUT2D eigenvalue weighted by atomic mass is 32.2. The highest BCUT2D eigenvalue weighted by Crippen LogP contribution is 2.31. The molecule has 4 aromatic rings. The molecule has 0 aliphatic carbocycles. The topological polar surface area (TPSA) is 94.0 Å². The van der Waals surface area contributed by atoms with Gasteiger partial charge in [-0.2, -0.15) is 5.10 Å². The summed E-state index contributed by atoms with van der Waals surface area (Å²) in [6.45, 7) is 3.77.